The van der Waals surface area contributed by atoms with Crippen molar-refractivity contribution < 1.29 is 9.47 Å². The highest BCUT2D eigenvalue weighted by molar-refractivity contribution is 7.09. The number of aromatic nitrogens is 1. The Morgan fingerprint density at radius 2 is 2.16 bits per heavy atom. The molecule has 102 valence electrons. The molecule has 2 N–H and O–H groups in total. The highest BCUT2D eigenvalue weighted by atomic mass is 32.1. The zero-order valence-corrected chi connectivity index (χ0v) is 11.9. The van der Waals surface area contributed by atoms with Crippen LogP contribution in [-0.2, 0) is 6.42 Å². The van der Waals surface area contributed by atoms with E-state index in [9.17, 15) is 0 Å². The molecule has 0 spiro atoms. The van der Waals surface area contributed by atoms with Gasteiger partial charge in [-0.15, -0.1) is 11.3 Å². The van der Waals surface area contributed by atoms with Gasteiger partial charge in [0.15, 0.2) is 0 Å². The van der Waals surface area contributed by atoms with Crippen LogP contribution in [0, 0.1) is 0 Å². The molecule has 0 aliphatic rings. The van der Waals surface area contributed by atoms with Crippen molar-refractivity contribution in [3.05, 3.63) is 40.3 Å². The normalized spacial score (nSPS) is 12.2. The van der Waals surface area contributed by atoms with Crippen molar-refractivity contribution in [2.45, 2.75) is 12.3 Å². The predicted octanol–water partition coefficient (Wildman–Crippen LogP) is 2.45. The first-order valence-electron chi connectivity index (χ1n) is 6.08. The van der Waals surface area contributed by atoms with Crippen LogP contribution in [0.1, 0.15) is 16.5 Å². The molecular formula is C14H18N2O2S. The molecule has 19 heavy (non-hydrogen) atoms. The number of thiazole rings is 1. The van der Waals surface area contributed by atoms with E-state index in [-0.39, 0.29) is 5.92 Å². The lowest BCUT2D eigenvalue weighted by atomic mass is 9.99. The van der Waals surface area contributed by atoms with Gasteiger partial charge in [-0.2, -0.15) is 0 Å². The SMILES string of the molecule is COc1ccc(CC(CN)c2nccs2)c(OC)c1. The zero-order valence-electron chi connectivity index (χ0n) is 11.1. The van der Waals surface area contributed by atoms with Gasteiger partial charge in [-0.1, -0.05) is 6.07 Å². The molecular weight excluding hydrogens is 260 g/mol. The molecule has 2 aromatic rings. The topological polar surface area (TPSA) is 57.4 Å². The molecule has 0 fully saturated rings. The van der Waals surface area contributed by atoms with E-state index in [1.54, 1.807) is 25.6 Å². The van der Waals surface area contributed by atoms with Crippen LogP contribution < -0.4 is 15.2 Å². The number of hydrogen-bond donors (Lipinski definition) is 1. The smallest absolute Gasteiger partial charge is 0.125 e. The summed E-state index contributed by atoms with van der Waals surface area (Å²) >= 11 is 1.64. The minimum Gasteiger partial charge on any atom is -0.497 e. The van der Waals surface area contributed by atoms with Crippen LogP contribution in [0.2, 0.25) is 0 Å². The second-order valence-corrected chi connectivity index (χ2v) is 5.11. The van der Waals surface area contributed by atoms with E-state index in [0.29, 0.717) is 6.54 Å². The Morgan fingerprint density at radius 1 is 1.32 bits per heavy atom. The molecule has 0 aliphatic carbocycles. The lowest BCUT2D eigenvalue weighted by Crippen LogP contribution is -2.15. The summed E-state index contributed by atoms with van der Waals surface area (Å²) in [6, 6.07) is 5.85. The van der Waals surface area contributed by atoms with E-state index >= 15 is 0 Å². The minimum atomic E-state index is 0.224. The van der Waals surface area contributed by atoms with E-state index in [0.717, 1.165) is 28.5 Å². The number of benzene rings is 1. The fourth-order valence-electron chi connectivity index (χ4n) is 1.99. The predicted molar refractivity (Wildman–Crippen MR) is 77.2 cm³/mol. The monoisotopic (exact) mass is 278 g/mol. The molecule has 0 aliphatic heterocycles. The van der Waals surface area contributed by atoms with Gasteiger partial charge < -0.3 is 15.2 Å². The van der Waals surface area contributed by atoms with Gasteiger partial charge in [0, 0.05) is 30.1 Å². The fourth-order valence-corrected chi connectivity index (χ4v) is 2.75. The van der Waals surface area contributed by atoms with Gasteiger partial charge in [-0.25, -0.2) is 4.98 Å². The molecule has 2 rings (SSSR count). The first-order valence-corrected chi connectivity index (χ1v) is 6.96. The van der Waals surface area contributed by atoms with Crippen molar-refractivity contribution >= 4 is 11.3 Å². The summed E-state index contributed by atoms with van der Waals surface area (Å²) in [4.78, 5) is 4.35. The fraction of sp³-hybridized carbons (Fsp3) is 0.357. The number of ether oxygens (including phenoxy) is 2. The van der Waals surface area contributed by atoms with Crippen LogP contribution in [0.5, 0.6) is 11.5 Å². The molecule has 1 unspecified atom stereocenters. The number of nitrogens with zero attached hydrogens (tertiary/aromatic N) is 1. The molecule has 5 heteroatoms. The maximum atomic E-state index is 5.86. The van der Waals surface area contributed by atoms with E-state index < -0.39 is 0 Å². The number of rotatable bonds is 6. The molecule has 4 nitrogen and oxygen atoms in total. The Balaban J connectivity index is 2.22. The molecule has 0 saturated heterocycles. The summed E-state index contributed by atoms with van der Waals surface area (Å²) in [6.45, 7) is 0.572. The summed E-state index contributed by atoms with van der Waals surface area (Å²) in [5.41, 5.74) is 6.98. The van der Waals surface area contributed by atoms with Crippen molar-refractivity contribution in [2.24, 2.45) is 5.73 Å². The zero-order chi connectivity index (χ0) is 13.7. The first-order chi connectivity index (χ1) is 9.28. The van der Waals surface area contributed by atoms with E-state index in [4.69, 9.17) is 15.2 Å². The van der Waals surface area contributed by atoms with Crippen LogP contribution in [0.15, 0.2) is 29.8 Å². The maximum absolute atomic E-state index is 5.86. The Bertz CT molecular complexity index is 514. The van der Waals surface area contributed by atoms with E-state index in [2.05, 4.69) is 4.98 Å². The van der Waals surface area contributed by atoms with Crippen LogP contribution in [-0.4, -0.2) is 25.7 Å². The molecule has 0 bridgehead atoms. The maximum Gasteiger partial charge on any atom is 0.125 e. The lowest BCUT2D eigenvalue weighted by Gasteiger charge is -2.15. The molecule has 1 heterocycles. The van der Waals surface area contributed by atoms with E-state index in [1.165, 1.54) is 0 Å². The standard InChI is InChI=1S/C14H18N2O2S/c1-17-12-4-3-10(13(8-12)18-2)7-11(9-15)14-16-5-6-19-14/h3-6,8,11H,7,9,15H2,1-2H3. The quantitative estimate of drug-likeness (QED) is 0.881. The molecule has 0 amide bonds. The second kappa shape index (κ2) is 6.54. The Morgan fingerprint density at radius 3 is 2.74 bits per heavy atom. The van der Waals surface area contributed by atoms with Gasteiger partial charge >= 0.3 is 0 Å². The molecule has 1 aromatic heterocycles. The van der Waals surface area contributed by atoms with Crippen molar-refractivity contribution in [1.82, 2.24) is 4.98 Å². The molecule has 0 saturated carbocycles. The average Bonchev–Trinajstić information content (AvgIpc) is 2.98. The molecule has 1 aromatic carbocycles. The van der Waals surface area contributed by atoms with Crippen molar-refractivity contribution in [3.8, 4) is 11.5 Å². The van der Waals surface area contributed by atoms with Gasteiger partial charge in [-0.3, -0.25) is 0 Å². The second-order valence-electron chi connectivity index (χ2n) is 4.18. The number of methoxy groups -OCH3 is 2. The summed E-state index contributed by atoms with van der Waals surface area (Å²) in [7, 11) is 3.31. The number of nitrogens with two attached hydrogens (primary N) is 1. The van der Waals surface area contributed by atoms with Crippen molar-refractivity contribution in [3.63, 3.8) is 0 Å². The lowest BCUT2D eigenvalue weighted by molar-refractivity contribution is 0.390. The van der Waals surface area contributed by atoms with Gasteiger partial charge in [0.1, 0.15) is 11.5 Å². The highest BCUT2D eigenvalue weighted by Gasteiger charge is 2.16. The Hall–Kier alpha value is -1.59. The van der Waals surface area contributed by atoms with Gasteiger partial charge in [0.2, 0.25) is 0 Å². The Labute approximate surface area is 117 Å². The first kappa shape index (κ1) is 13.8. The average molecular weight is 278 g/mol. The van der Waals surface area contributed by atoms with Crippen LogP contribution in [0.4, 0.5) is 0 Å². The summed E-state index contributed by atoms with van der Waals surface area (Å²) in [5.74, 6) is 1.84. The van der Waals surface area contributed by atoms with Crippen molar-refractivity contribution in [1.29, 1.82) is 0 Å². The third kappa shape index (κ3) is 3.24. The highest BCUT2D eigenvalue weighted by Crippen LogP contribution is 2.30. The van der Waals surface area contributed by atoms with E-state index in [1.807, 2.05) is 29.8 Å². The van der Waals surface area contributed by atoms with Crippen LogP contribution in [0.25, 0.3) is 0 Å². The molecule has 0 radical (unpaired) electrons. The van der Waals surface area contributed by atoms with Gasteiger partial charge in [0.25, 0.3) is 0 Å². The summed E-state index contributed by atoms with van der Waals surface area (Å²) < 4.78 is 10.6. The Kier molecular flexibility index (Phi) is 4.76. The van der Waals surface area contributed by atoms with Crippen LogP contribution >= 0.6 is 11.3 Å². The summed E-state index contributed by atoms with van der Waals surface area (Å²) in [5, 5.41) is 3.05. The summed E-state index contributed by atoms with van der Waals surface area (Å²) in [6.07, 6.45) is 2.63. The third-order valence-corrected chi connectivity index (χ3v) is 3.98. The number of hydrogen-bond acceptors (Lipinski definition) is 5. The minimum absolute atomic E-state index is 0.224. The third-order valence-electron chi connectivity index (χ3n) is 3.05. The van der Waals surface area contributed by atoms with Crippen LogP contribution in [0.3, 0.4) is 0 Å². The largest absolute Gasteiger partial charge is 0.497 e. The van der Waals surface area contributed by atoms with Gasteiger partial charge in [0.05, 0.1) is 19.2 Å². The van der Waals surface area contributed by atoms with Gasteiger partial charge in [-0.05, 0) is 18.1 Å². The molecule has 1 atom stereocenters. The van der Waals surface area contributed by atoms with Crippen molar-refractivity contribution in [2.75, 3.05) is 20.8 Å².